The van der Waals surface area contributed by atoms with Crippen LogP contribution in [-0.2, 0) is 4.79 Å². The molecular formula is C20H16O9. The number of methoxy groups -OCH3 is 2. The highest BCUT2D eigenvalue weighted by molar-refractivity contribution is 5.95. The number of carboxylic acid groups (broad SMARTS) is 1. The fourth-order valence-electron chi connectivity index (χ4n) is 3.29. The van der Waals surface area contributed by atoms with Crippen LogP contribution in [-0.4, -0.2) is 40.6 Å². The van der Waals surface area contributed by atoms with Gasteiger partial charge in [-0.05, 0) is 12.1 Å². The van der Waals surface area contributed by atoms with Crippen molar-refractivity contribution in [2.45, 2.75) is 6.10 Å². The second kappa shape index (κ2) is 6.55. The zero-order valence-electron chi connectivity index (χ0n) is 15.3. The Bertz CT molecular complexity index is 1070. The summed E-state index contributed by atoms with van der Waals surface area (Å²) in [7, 11) is 2.72. The van der Waals surface area contributed by atoms with E-state index in [-0.39, 0.29) is 45.8 Å². The Kier molecular flexibility index (Phi) is 4.15. The second-order valence-corrected chi connectivity index (χ2v) is 6.30. The molecule has 29 heavy (non-hydrogen) atoms. The van der Waals surface area contributed by atoms with Gasteiger partial charge in [0.05, 0.1) is 19.8 Å². The number of rotatable bonds is 4. The molecule has 0 saturated carbocycles. The van der Waals surface area contributed by atoms with E-state index >= 15 is 0 Å². The van der Waals surface area contributed by atoms with Crippen molar-refractivity contribution in [3.8, 4) is 34.5 Å². The molecular weight excluding hydrogens is 384 g/mol. The van der Waals surface area contributed by atoms with Gasteiger partial charge in [-0.25, -0.2) is 4.79 Å². The Hall–Kier alpha value is -4.01. The van der Waals surface area contributed by atoms with Crippen LogP contribution in [0.4, 0.5) is 0 Å². The van der Waals surface area contributed by atoms with Gasteiger partial charge in [0.1, 0.15) is 23.0 Å². The van der Waals surface area contributed by atoms with E-state index in [1.807, 2.05) is 0 Å². The molecule has 0 spiro atoms. The molecule has 2 aromatic carbocycles. The quantitative estimate of drug-likeness (QED) is 0.611. The van der Waals surface area contributed by atoms with Crippen LogP contribution in [0.2, 0.25) is 0 Å². The summed E-state index contributed by atoms with van der Waals surface area (Å²) in [6.45, 7) is 0. The Morgan fingerprint density at radius 3 is 2.21 bits per heavy atom. The lowest BCUT2D eigenvalue weighted by Crippen LogP contribution is -2.21. The molecule has 0 fully saturated rings. The number of hydrogen-bond acceptors (Lipinski definition) is 8. The summed E-state index contributed by atoms with van der Waals surface area (Å²) in [6.07, 6.45) is 0.102. The maximum Gasteiger partial charge on any atom is 0.371 e. The zero-order chi connectivity index (χ0) is 20.9. The number of ether oxygens (including phenoxy) is 4. The van der Waals surface area contributed by atoms with Gasteiger partial charge in [0.2, 0.25) is 11.5 Å². The number of hydrogen-bond donors (Lipinski definition) is 4. The maximum absolute atomic E-state index is 11.4. The number of allylic oxidation sites excluding steroid dienone is 2. The Morgan fingerprint density at radius 1 is 1.00 bits per heavy atom. The molecule has 0 aliphatic carbocycles. The molecule has 150 valence electrons. The van der Waals surface area contributed by atoms with Crippen molar-refractivity contribution in [3.63, 3.8) is 0 Å². The van der Waals surface area contributed by atoms with Gasteiger partial charge in [-0.15, -0.1) is 0 Å². The van der Waals surface area contributed by atoms with Crippen LogP contribution in [0, 0.1) is 0 Å². The molecule has 0 saturated heterocycles. The topological polar surface area (TPSA) is 135 Å². The van der Waals surface area contributed by atoms with Crippen molar-refractivity contribution in [1.29, 1.82) is 0 Å². The van der Waals surface area contributed by atoms with Crippen LogP contribution >= 0.6 is 0 Å². The molecule has 2 heterocycles. The number of aliphatic carboxylic acids is 1. The molecule has 9 nitrogen and oxygen atoms in total. The number of aliphatic hydroxyl groups is 1. The number of benzene rings is 2. The van der Waals surface area contributed by atoms with E-state index in [4.69, 9.17) is 18.9 Å². The fraction of sp³-hybridized carbons (Fsp3) is 0.150. The summed E-state index contributed by atoms with van der Waals surface area (Å²) in [6, 6.07) is 5.47. The number of aromatic hydroxyl groups is 2. The molecule has 0 amide bonds. The largest absolute Gasteiger partial charge is 0.508 e. The summed E-state index contributed by atoms with van der Waals surface area (Å²) in [5.41, 5.74) is 0.869. The lowest BCUT2D eigenvalue weighted by Gasteiger charge is -2.31. The molecule has 4 N–H and O–H groups in total. The van der Waals surface area contributed by atoms with E-state index in [9.17, 15) is 25.2 Å². The number of phenolic OH excluding ortho intramolecular Hbond substituents is 2. The molecule has 2 aliphatic heterocycles. The third-order valence-corrected chi connectivity index (χ3v) is 4.60. The van der Waals surface area contributed by atoms with Crippen molar-refractivity contribution in [1.82, 2.24) is 0 Å². The predicted molar refractivity (Wildman–Crippen MR) is 98.6 cm³/mol. The minimum atomic E-state index is -1.34. The van der Waals surface area contributed by atoms with Crippen LogP contribution in [0.15, 0.2) is 41.9 Å². The van der Waals surface area contributed by atoms with E-state index in [0.717, 1.165) is 0 Å². The normalized spacial score (nSPS) is 16.9. The van der Waals surface area contributed by atoms with Crippen LogP contribution in [0.5, 0.6) is 34.5 Å². The first-order valence-electron chi connectivity index (χ1n) is 8.39. The molecule has 4 rings (SSSR count). The van der Waals surface area contributed by atoms with Gasteiger partial charge in [0.15, 0.2) is 17.6 Å². The molecule has 0 radical (unpaired) electrons. The summed E-state index contributed by atoms with van der Waals surface area (Å²) < 4.78 is 21.5. The number of phenols is 2. The van der Waals surface area contributed by atoms with Crippen molar-refractivity contribution in [2.75, 3.05) is 14.2 Å². The smallest absolute Gasteiger partial charge is 0.371 e. The molecule has 1 atom stereocenters. The summed E-state index contributed by atoms with van der Waals surface area (Å²) >= 11 is 0. The van der Waals surface area contributed by atoms with E-state index in [0.29, 0.717) is 11.1 Å². The Morgan fingerprint density at radius 2 is 1.62 bits per heavy atom. The SMILES string of the molecule is COc1cc(C2Oc3cc(O)cc4c3C(=C2O)C=C(C(=O)O)O4)cc(OC)c1O. The van der Waals surface area contributed by atoms with Gasteiger partial charge in [0, 0.05) is 29.3 Å². The van der Waals surface area contributed by atoms with Gasteiger partial charge < -0.3 is 39.4 Å². The number of aliphatic hydroxyl groups excluding tert-OH is 1. The molecule has 9 heteroatoms. The molecule has 0 aromatic heterocycles. The highest BCUT2D eigenvalue weighted by Gasteiger charge is 2.36. The van der Waals surface area contributed by atoms with Crippen molar-refractivity contribution < 1.29 is 44.2 Å². The van der Waals surface area contributed by atoms with Gasteiger partial charge in [-0.3, -0.25) is 0 Å². The summed E-state index contributed by atoms with van der Waals surface area (Å²) in [4.78, 5) is 11.4. The van der Waals surface area contributed by atoms with Gasteiger partial charge in [-0.2, -0.15) is 0 Å². The molecule has 2 aliphatic rings. The first-order chi connectivity index (χ1) is 13.8. The fourth-order valence-corrected chi connectivity index (χ4v) is 3.29. The van der Waals surface area contributed by atoms with Crippen molar-refractivity contribution >= 4 is 11.5 Å². The zero-order valence-corrected chi connectivity index (χ0v) is 15.3. The predicted octanol–water partition coefficient (Wildman–Crippen LogP) is 2.88. The lowest BCUT2D eigenvalue weighted by molar-refractivity contribution is -0.135. The van der Waals surface area contributed by atoms with E-state index in [2.05, 4.69) is 0 Å². The minimum Gasteiger partial charge on any atom is -0.508 e. The van der Waals surface area contributed by atoms with Gasteiger partial charge >= 0.3 is 5.97 Å². The monoisotopic (exact) mass is 400 g/mol. The van der Waals surface area contributed by atoms with E-state index in [1.54, 1.807) is 0 Å². The van der Waals surface area contributed by atoms with Crippen molar-refractivity contribution in [3.05, 3.63) is 53.0 Å². The third-order valence-electron chi connectivity index (χ3n) is 4.60. The van der Waals surface area contributed by atoms with E-state index < -0.39 is 17.8 Å². The number of carboxylic acids is 1. The Balaban J connectivity index is 1.93. The summed E-state index contributed by atoms with van der Waals surface area (Å²) in [5, 5.41) is 40.3. The first-order valence-corrected chi connectivity index (χ1v) is 8.39. The van der Waals surface area contributed by atoms with Crippen LogP contribution in [0.25, 0.3) is 5.57 Å². The average molecular weight is 400 g/mol. The highest BCUT2D eigenvalue weighted by atomic mass is 16.5. The standard InChI is InChI=1S/C20H16O9/c1-26-13-3-8(4-14(27-2)18(13)23)19-17(22)10-7-15(20(24)25)28-11-5-9(21)6-12(29-19)16(10)11/h3-7,19,21-23H,1-2H3,(H,24,25). The van der Waals surface area contributed by atoms with Crippen LogP contribution in [0.1, 0.15) is 17.2 Å². The minimum absolute atomic E-state index is 0.0424. The van der Waals surface area contributed by atoms with Gasteiger partial charge in [-0.1, -0.05) is 0 Å². The second-order valence-electron chi connectivity index (χ2n) is 6.30. The highest BCUT2D eigenvalue weighted by Crippen LogP contribution is 2.51. The lowest BCUT2D eigenvalue weighted by atomic mass is 9.92. The molecule has 0 bridgehead atoms. The molecule has 2 aromatic rings. The molecule has 1 unspecified atom stereocenters. The van der Waals surface area contributed by atoms with Gasteiger partial charge in [0.25, 0.3) is 0 Å². The first kappa shape index (κ1) is 18.4. The average Bonchev–Trinajstić information content (AvgIpc) is 2.69. The third kappa shape index (κ3) is 2.83. The number of carbonyl (C=O) groups is 1. The van der Waals surface area contributed by atoms with E-state index in [1.165, 1.54) is 44.6 Å². The van der Waals surface area contributed by atoms with Crippen LogP contribution in [0.3, 0.4) is 0 Å². The van der Waals surface area contributed by atoms with Crippen LogP contribution < -0.4 is 18.9 Å². The Labute approximate surface area is 164 Å². The maximum atomic E-state index is 11.4. The van der Waals surface area contributed by atoms with Crippen molar-refractivity contribution in [2.24, 2.45) is 0 Å². The summed E-state index contributed by atoms with van der Waals surface area (Å²) in [5.74, 6) is -2.04.